The molecule has 0 radical (unpaired) electrons. The van der Waals surface area contributed by atoms with Crippen molar-refractivity contribution >= 4 is 17.7 Å². The Kier molecular flexibility index (Phi) is 6.47. The summed E-state index contributed by atoms with van der Waals surface area (Å²) in [5, 5.41) is 2.28. The molecule has 0 fully saturated rings. The summed E-state index contributed by atoms with van der Waals surface area (Å²) in [6, 6.07) is 3.11. The van der Waals surface area contributed by atoms with Gasteiger partial charge in [-0.05, 0) is 33.0 Å². The number of aromatic nitrogens is 1. The molecule has 0 aromatic carbocycles. The van der Waals surface area contributed by atoms with Gasteiger partial charge in [0, 0.05) is 37.1 Å². The van der Waals surface area contributed by atoms with E-state index >= 15 is 0 Å². The first-order valence-electron chi connectivity index (χ1n) is 6.40. The van der Waals surface area contributed by atoms with E-state index in [0.29, 0.717) is 19.1 Å². The summed E-state index contributed by atoms with van der Waals surface area (Å²) in [6.07, 6.45) is 1.23. The van der Waals surface area contributed by atoms with Crippen molar-refractivity contribution in [1.82, 2.24) is 15.2 Å². The molecule has 0 aliphatic rings. The van der Waals surface area contributed by atoms with Crippen molar-refractivity contribution in [3.63, 3.8) is 0 Å². The molecule has 0 saturated heterocycles. The predicted molar refractivity (Wildman–Crippen MR) is 76.2 cm³/mol. The third-order valence-corrected chi connectivity index (χ3v) is 3.61. The van der Waals surface area contributed by atoms with Crippen LogP contribution in [0.4, 0.5) is 13.2 Å². The van der Waals surface area contributed by atoms with Gasteiger partial charge in [0.25, 0.3) is 5.91 Å². The Balaban J connectivity index is 2.66. The summed E-state index contributed by atoms with van der Waals surface area (Å²) in [5.41, 5.74) is -4.53. The van der Waals surface area contributed by atoms with Gasteiger partial charge in [-0.25, -0.2) is 4.98 Å². The number of rotatable bonds is 6. The Morgan fingerprint density at radius 1 is 1.48 bits per heavy atom. The molecule has 0 bridgehead atoms. The number of amides is 1. The Hall–Kier alpha value is -1.28. The molecule has 1 amide bonds. The van der Waals surface area contributed by atoms with Crippen LogP contribution in [0.25, 0.3) is 0 Å². The first kappa shape index (κ1) is 17.8. The molecule has 1 aromatic rings. The molecule has 0 unspecified atom stereocenters. The standard InChI is InChI=1S/C13H18F3N3OS/c1-9(2)19(3)8-7-17-11(20)10-5-4-6-18-12(10)21-13(14,15)16/h4-6,9H,7-8H2,1-3H3,(H,17,20). The van der Waals surface area contributed by atoms with Gasteiger partial charge >= 0.3 is 5.51 Å². The van der Waals surface area contributed by atoms with Crippen molar-refractivity contribution in [2.75, 3.05) is 20.1 Å². The van der Waals surface area contributed by atoms with Crippen molar-refractivity contribution in [3.05, 3.63) is 23.9 Å². The Labute approximate surface area is 126 Å². The summed E-state index contributed by atoms with van der Waals surface area (Å²) in [7, 11) is 1.91. The van der Waals surface area contributed by atoms with E-state index in [-0.39, 0.29) is 22.4 Å². The molecular formula is C13H18F3N3OS. The van der Waals surface area contributed by atoms with Crippen LogP contribution in [0.2, 0.25) is 0 Å². The summed E-state index contributed by atoms with van der Waals surface area (Å²) < 4.78 is 37.2. The minimum absolute atomic E-state index is 0.0629. The van der Waals surface area contributed by atoms with Crippen LogP contribution >= 0.6 is 11.8 Å². The SMILES string of the molecule is CC(C)N(C)CCNC(=O)c1cccnc1SC(F)(F)F. The number of pyridine rings is 1. The second-order valence-electron chi connectivity index (χ2n) is 4.73. The topological polar surface area (TPSA) is 45.2 Å². The number of carbonyl (C=O) groups is 1. The smallest absolute Gasteiger partial charge is 0.351 e. The zero-order chi connectivity index (χ0) is 16.0. The van der Waals surface area contributed by atoms with Gasteiger partial charge in [-0.1, -0.05) is 0 Å². The summed E-state index contributed by atoms with van der Waals surface area (Å²) in [4.78, 5) is 17.6. The van der Waals surface area contributed by atoms with E-state index in [1.165, 1.54) is 18.3 Å². The maximum absolute atomic E-state index is 12.4. The van der Waals surface area contributed by atoms with E-state index in [9.17, 15) is 18.0 Å². The van der Waals surface area contributed by atoms with Gasteiger partial charge in [0.05, 0.1) is 5.56 Å². The molecule has 118 valence electrons. The third-order valence-electron chi connectivity index (χ3n) is 2.86. The second kappa shape index (κ2) is 7.65. The van der Waals surface area contributed by atoms with E-state index in [1.54, 1.807) is 0 Å². The van der Waals surface area contributed by atoms with Crippen molar-refractivity contribution in [2.24, 2.45) is 0 Å². The van der Waals surface area contributed by atoms with Crippen LogP contribution in [0.1, 0.15) is 24.2 Å². The fourth-order valence-corrected chi connectivity index (χ4v) is 2.06. The first-order chi connectivity index (χ1) is 9.70. The van der Waals surface area contributed by atoms with Crippen molar-refractivity contribution in [1.29, 1.82) is 0 Å². The highest BCUT2D eigenvalue weighted by Crippen LogP contribution is 2.37. The lowest BCUT2D eigenvalue weighted by Gasteiger charge is -2.21. The number of halogens is 3. The van der Waals surface area contributed by atoms with Crippen molar-refractivity contribution in [2.45, 2.75) is 30.4 Å². The highest BCUT2D eigenvalue weighted by Gasteiger charge is 2.32. The number of nitrogens with one attached hydrogen (secondary N) is 1. The molecule has 8 heteroatoms. The van der Waals surface area contributed by atoms with Gasteiger partial charge in [-0.3, -0.25) is 4.79 Å². The number of thioether (sulfide) groups is 1. The van der Waals surface area contributed by atoms with Crippen LogP contribution in [-0.2, 0) is 0 Å². The van der Waals surface area contributed by atoms with Gasteiger partial charge in [0.2, 0.25) is 0 Å². The molecule has 0 spiro atoms. The number of hydrogen-bond acceptors (Lipinski definition) is 4. The molecule has 0 aliphatic carbocycles. The number of hydrogen-bond donors (Lipinski definition) is 1. The largest absolute Gasteiger partial charge is 0.447 e. The van der Waals surface area contributed by atoms with Crippen LogP contribution in [0.15, 0.2) is 23.4 Å². The predicted octanol–water partition coefficient (Wildman–Crippen LogP) is 2.76. The average molecular weight is 321 g/mol. The van der Waals surface area contributed by atoms with E-state index in [4.69, 9.17) is 0 Å². The highest BCUT2D eigenvalue weighted by molar-refractivity contribution is 8.00. The first-order valence-corrected chi connectivity index (χ1v) is 7.21. The molecule has 1 rings (SSSR count). The lowest BCUT2D eigenvalue weighted by Crippen LogP contribution is -2.36. The number of carbonyl (C=O) groups excluding carboxylic acids is 1. The summed E-state index contributed by atoms with van der Waals surface area (Å²) >= 11 is -0.382. The van der Waals surface area contributed by atoms with Gasteiger partial charge in [0.15, 0.2) is 0 Å². The van der Waals surface area contributed by atoms with E-state index in [0.717, 1.165) is 0 Å². The third kappa shape index (κ3) is 6.34. The Morgan fingerprint density at radius 2 is 2.14 bits per heavy atom. The molecule has 0 aliphatic heterocycles. The normalized spacial score (nSPS) is 12.0. The molecule has 21 heavy (non-hydrogen) atoms. The molecule has 0 saturated carbocycles. The van der Waals surface area contributed by atoms with E-state index < -0.39 is 11.4 Å². The molecule has 1 N–H and O–H groups in total. The lowest BCUT2D eigenvalue weighted by molar-refractivity contribution is -0.0329. The monoisotopic (exact) mass is 321 g/mol. The van der Waals surface area contributed by atoms with Gasteiger partial charge in [-0.15, -0.1) is 0 Å². The van der Waals surface area contributed by atoms with Gasteiger partial charge in [-0.2, -0.15) is 13.2 Å². The molecular weight excluding hydrogens is 303 g/mol. The highest BCUT2D eigenvalue weighted by atomic mass is 32.2. The summed E-state index contributed by atoms with van der Waals surface area (Å²) in [5.74, 6) is -0.549. The maximum atomic E-state index is 12.4. The van der Waals surface area contributed by atoms with E-state index in [1.807, 2.05) is 25.8 Å². The van der Waals surface area contributed by atoms with Crippen molar-refractivity contribution in [3.8, 4) is 0 Å². The van der Waals surface area contributed by atoms with Crippen LogP contribution in [0.5, 0.6) is 0 Å². The molecule has 0 atom stereocenters. The van der Waals surface area contributed by atoms with Gasteiger partial charge < -0.3 is 10.2 Å². The van der Waals surface area contributed by atoms with Crippen LogP contribution < -0.4 is 5.32 Å². The quantitative estimate of drug-likeness (QED) is 0.819. The average Bonchev–Trinajstić information content (AvgIpc) is 2.37. The zero-order valence-electron chi connectivity index (χ0n) is 12.1. The minimum atomic E-state index is -4.47. The maximum Gasteiger partial charge on any atom is 0.447 e. The lowest BCUT2D eigenvalue weighted by atomic mass is 10.2. The minimum Gasteiger partial charge on any atom is -0.351 e. The van der Waals surface area contributed by atoms with E-state index in [2.05, 4.69) is 10.3 Å². The van der Waals surface area contributed by atoms with Crippen LogP contribution in [-0.4, -0.2) is 47.5 Å². The van der Waals surface area contributed by atoms with Crippen molar-refractivity contribution < 1.29 is 18.0 Å². The fourth-order valence-electron chi connectivity index (χ4n) is 1.45. The fraction of sp³-hybridized carbons (Fsp3) is 0.538. The van der Waals surface area contributed by atoms with Crippen LogP contribution in [0.3, 0.4) is 0 Å². The summed E-state index contributed by atoms with van der Waals surface area (Å²) in [6.45, 7) is 5.01. The Bertz CT molecular complexity index is 480. The molecule has 4 nitrogen and oxygen atoms in total. The number of likely N-dealkylation sites (N-methyl/N-ethyl adjacent to an activating group) is 1. The Morgan fingerprint density at radius 3 is 2.71 bits per heavy atom. The molecule has 1 aromatic heterocycles. The number of nitrogens with zero attached hydrogens (tertiary/aromatic N) is 2. The second-order valence-corrected chi connectivity index (χ2v) is 5.79. The number of alkyl halides is 3. The molecule has 1 heterocycles. The van der Waals surface area contributed by atoms with Crippen LogP contribution in [0, 0.1) is 0 Å². The van der Waals surface area contributed by atoms with Gasteiger partial charge in [0.1, 0.15) is 5.03 Å². The zero-order valence-corrected chi connectivity index (χ0v) is 12.9.